The molecule has 0 amide bonds. The van der Waals surface area contributed by atoms with Gasteiger partial charge in [0.25, 0.3) is 0 Å². The first-order chi connectivity index (χ1) is 8.41. The number of rotatable bonds is 2. The van der Waals surface area contributed by atoms with Crippen LogP contribution >= 0.6 is 15.9 Å². The standard InChI is InChI=1S/C10H6BrFN2O4/c11-3-1-6(15)9(16)7(8(3)12)4-2-5(10(17)18)14-13-4/h1-2,15-16H,(H,13,14)(H,17,18). The van der Waals surface area contributed by atoms with Crippen molar-refractivity contribution in [3.63, 3.8) is 0 Å². The fraction of sp³-hybridized carbons (Fsp3) is 0. The van der Waals surface area contributed by atoms with Gasteiger partial charge in [-0.2, -0.15) is 5.10 Å². The van der Waals surface area contributed by atoms with Gasteiger partial charge < -0.3 is 15.3 Å². The van der Waals surface area contributed by atoms with E-state index in [1.54, 1.807) is 0 Å². The van der Waals surface area contributed by atoms with Crippen molar-refractivity contribution in [3.05, 3.63) is 28.1 Å². The number of phenolic OH excluding ortho intramolecular Hbond substituents is 2. The van der Waals surface area contributed by atoms with E-state index < -0.39 is 23.3 Å². The minimum absolute atomic E-state index is 0.0762. The Labute approximate surface area is 108 Å². The zero-order valence-electron chi connectivity index (χ0n) is 8.61. The van der Waals surface area contributed by atoms with Crippen molar-refractivity contribution >= 4 is 21.9 Å². The number of aromatic nitrogens is 2. The molecule has 0 atom stereocenters. The number of phenols is 2. The Hall–Kier alpha value is -2.09. The number of nitrogens with one attached hydrogen (secondary N) is 1. The molecule has 2 rings (SSSR count). The summed E-state index contributed by atoms with van der Waals surface area (Å²) in [5, 5.41) is 33.4. The first-order valence-corrected chi connectivity index (χ1v) is 5.40. The van der Waals surface area contributed by atoms with Gasteiger partial charge in [0.15, 0.2) is 17.3 Å². The molecule has 0 spiro atoms. The first-order valence-electron chi connectivity index (χ1n) is 4.60. The fourth-order valence-corrected chi connectivity index (χ4v) is 1.81. The fourth-order valence-electron chi connectivity index (χ4n) is 1.40. The molecule has 0 saturated carbocycles. The van der Waals surface area contributed by atoms with Crippen LogP contribution in [0.3, 0.4) is 0 Å². The third-order valence-corrected chi connectivity index (χ3v) is 2.81. The zero-order valence-corrected chi connectivity index (χ0v) is 10.2. The molecule has 0 fully saturated rings. The number of aromatic hydroxyl groups is 2. The molecule has 1 aromatic heterocycles. The molecule has 2 aromatic rings. The zero-order chi connectivity index (χ0) is 13.4. The van der Waals surface area contributed by atoms with Crippen LogP contribution in [-0.2, 0) is 0 Å². The average molecular weight is 317 g/mol. The summed E-state index contributed by atoms with van der Waals surface area (Å²) in [5.41, 5.74) is -0.770. The minimum Gasteiger partial charge on any atom is -0.504 e. The van der Waals surface area contributed by atoms with E-state index in [4.69, 9.17) is 5.11 Å². The van der Waals surface area contributed by atoms with Crippen molar-refractivity contribution in [1.29, 1.82) is 0 Å². The summed E-state index contributed by atoms with van der Waals surface area (Å²) in [7, 11) is 0. The van der Waals surface area contributed by atoms with Gasteiger partial charge in [-0.15, -0.1) is 0 Å². The van der Waals surface area contributed by atoms with Gasteiger partial charge in [0.2, 0.25) is 0 Å². The third kappa shape index (κ3) is 1.90. The Bertz CT molecular complexity index is 615. The summed E-state index contributed by atoms with van der Waals surface area (Å²) in [6.07, 6.45) is 0. The first kappa shape index (κ1) is 12.4. The number of hydrogen-bond acceptors (Lipinski definition) is 4. The van der Waals surface area contributed by atoms with Gasteiger partial charge in [-0.1, -0.05) is 0 Å². The van der Waals surface area contributed by atoms with Gasteiger partial charge in [0.05, 0.1) is 15.7 Å². The summed E-state index contributed by atoms with van der Waals surface area (Å²) in [4.78, 5) is 10.7. The van der Waals surface area contributed by atoms with Crippen molar-refractivity contribution < 1.29 is 24.5 Å². The number of halogens is 2. The van der Waals surface area contributed by atoms with Crippen molar-refractivity contribution in [3.8, 4) is 22.8 Å². The molecule has 1 aromatic carbocycles. The molecule has 0 aliphatic rings. The quantitative estimate of drug-likeness (QED) is 0.635. The minimum atomic E-state index is -1.27. The lowest BCUT2D eigenvalue weighted by atomic mass is 10.1. The molecule has 0 aliphatic heterocycles. The maximum Gasteiger partial charge on any atom is 0.353 e. The third-order valence-electron chi connectivity index (χ3n) is 2.24. The predicted octanol–water partition coefficient (Wildman–Crippen LogP) is 2.09. The number of carbonyl (C=O) groups is 1. The lowest BCUT2D eigenvalue weighted by Gasteiger charge is -2.06. The van der Waals surface area contributed by atoms with E-state index in [0.29, 0.717) is 0 Å². The Morgan fingerprint density at radius 2 is 2.06 bits per heavy atom. The van der Waals surface area contributed by atoms with Crippen LogP contribution in [0, 0.1) is 5.82 Å². The summed E-state index contributed by atoms with van der Waals surface area (Å²) < 4.78 is 13.7. The Kier molecular flexibility index (Phi) is 2.95. The van der Waals surface area contributed by atoms with Crippen molar-refractivity contribution in [2.24, 2.45) is 0 Å². The Morgan fingerprint density at radius 1 is 1.39 bits per heavy atom. The maximum absolute atomic E-state index is 13.8. The molecule has 8 heteroatoms. The van der Waals surface area contributed by atoms with Crippen LogP contribution in [0.4, 0.5) is 4.39 Å². The van der Waals surface area contributed by atoms with E-state index in [0.717, 1.165) is 12.1 Å². The van der Waals surface area contributed by atoms with Gasteiger partial charge in [0.1, 0.15) is 5.69 Å². The van der Waals surface area contributed by atoms with Gasteiger partial charge in [-0.25, -0.2) is 9.18 Å². The number of H-pyrrole nitrogens is 1. The van der Waals surface area contributed by atoms with E-state index >= 15 is 0 Å². The van der Waals surface area contributed by atoms with E-state index in [9.17, 15) is 19.4 Å². The topological polar surface area (TPSA) is 106 Å². The average Bonchev–Trinajstić information content (AvgIpc) is 2.76. The highest BCUT2D eigenvalue weighted by Gasteiger charge is 2.21. The number of hydrogen-bond donors (Lipinski definition) is 4. The summed E-state index contributed by atoms with van der Waals surface area (Å²) in [5.74, 6) is -3.38. The SMILES string of the molecule is O=C(O)c1cc(-c2c(O)c(O)cc(Br)c2F)n[nH]1. The highest BCUT2D eigenvalue weighted by atomic mass is 79.9. The van der Waals surface area contributed by atoms with E-state index in [1.807, 2.05) is 0 Å². The maximum atomic E-state index is 13.8. The molecule has 6 nitrogen and oxygen atoms in total. The van der Waals surface area contributed by atoms with Crippen molar-refractivity contribution in [1.82, 2.24) is 10.2 Å². The van der Waals surface area contributed by atoms with Gasteiger partial charge >= 0.3 is 5.97 Å². The van der Waals surface area contributed by atoms with E-state index in [1.165, 1.54) is 0 Å². The van der Waals surface area contributed by atoms with Gasteiger partial charge in [-0.3, -0.25) is 5.10 Å². The monoisotopic (exact) mass is 316 g/mol. The lowest BCUT2D eigenvalue weighted by Crippen LogP contribution is -1.95. The van der Waals surface area contributed by atoms with Gasteiger partial charge in [-0.05, 0) is 22.0 Å². The molecular weight excluding hydrogens is 311 g/mol. The number of benzene rings is 1. The van der Waals surface area contributed by atoms with Crippen LogP contribution in [0.1, 0.15) is 10.5 Å². The van der Waals surface area contributed by atoms with Crippen LogP contribution in [0.25, 0.3) is 11.3 Å². The molecule has 0 saturated heterocycles. The van der Waals surface area contributed by atoms with Crippen LogP contribution in [0.15, 0.2) is 16.6 Å². The predicted molar refractivity (Wildman–Crippen MR) is 62.0 cm³/mol. The number of aromatic carboxylic acids is 1. The second-order valence-corrected chi connectivity index (χ2v) is 4.24. The van der Waals surface area contributed by atoms with Crippen LogP contribution < -0.4 is 0 Å². The number of carboxylic acids is 1. The van der Waals surface area contributed by atoms with Gasteiger partial charge in [0, 0.05) is 6.07 Å². The smallest absolute Gasteiger partial charge is 0.353 e. The Morgan fingerprint density at radius 3 is 2.61 bits per heavy atom. The van der Waals surface area contributed by atoms with E-state index in [-0.39, 0.29) is 21.4 Å². The lowest BCUT2D eigenvalue weighted by molar-refractivity contribution is 0.0690. The molecule has 1 heterocycles. The summed E-state index contributed by atoms with van der Waals surface area (Å²) in [6.45, 7) is 0. The normalized spacial score (nSPS) is 10.6. The molecule has 0 bridgehead atoms. The Balaban J connectivity index is 2.66. The molecule has 0 radical (unpaired) electrons. The molecule has 0 aliphatic carbocycles. The number of nitrogens with zero attached hydrogens (tertiary/aromatic N) is 1. The summed E-state index contributed by atoms with van der Waals surface area (Å²) in [6, 6.07) is 2.03. The second kappa shape index (κ2) is 4.30. The highest BCUT2D eigenvalue weighted by molar-refractivity contribution is 9.10. The van der Waals surface area contributed by atoms with Crippen molar-refractivity contribution in [2.75, 3.05) is 0 Å². The molecule has 4 N–H and O–H groups in total. The molecule has 18 heavy (non-hydrogen) atoms. The molecular formula is C10H6BrFN2O4. The van der Waals surface area contributed by atoms with Crippen LogP contribution in [0.2, 0.25) is 0 Å². The van der Waals surface area contributed by atoms with Crippen LogP contribution in [0.5, 0.6) is 11.5 Å². The second-order valence-electron chi connectivity index (χ2n) is 3.39. The van der Waals surface area contributed by atoms with Crippen molar-refractivity contribution in [2.45, 2.75) is 0 Å². The number of aromatic amines is 1. The van der Waals surface area contributed by atoms with E-state index in [2.05, 4.69) is 26.1 Å². The summed E-state index contributed by atoms with van der Waals surface area (Å²) >= 11 is 2.86. The number of carboxylic acid groups (broad SMARTS) is 1. The largest absolute Gasteiger partial charge is 0.504 e. The van der Waals surface area contributed by atoms with Crippen LogP contribution in [-0.4, -0.2) is 31.5 Å². The highest BCUT2D eigenvalue weighted by Crippen LogP contribution is 2.41. The molecule has 94 valence electrons. The molecule has 0 unspecified atom stereocenters.